The number of aliphatic hydroxyl groups is 1. The van der Waals surface area contributed by atoms with Crippen molar-refractivity contribution in [2.24, 2.45) is 0 Å². The van der Waals surface area contributed by atoms with Gasteiger partial charge in [-0.2, -0.15) is 0 Å². The smallest absolute Gasteiger partial charge is 0.408 e. The maximum absolute atomic E-state index is 13.6. The van der Waals surface area contributed by atoms with Crippen molar-refractivity contribution in [3.63, 3.8) is 0 Å². The van der Waals surface area contributed by atoms with Gasteiger partial charge in [0.2, 0.25) is 11.8 Å². The third-order valence-corrected chi connectivity index (χ3v) is 6.35. The molecule has 0 aromatic heterocycles. The van der Waals surface area contributed by atoms with E-state index in [1.807, 2.05) is 24.3 Å². The van der Waals surface area contributed by atoms with E-state index in [-0.39, 0.29) is 25.2 Å². The Kier molecular flexibility index (Phi) is 11.9. The Morgan fingerprint density at radius 1 is 0.714 bits per heavy atom. The predicted octanol–water partition coefficient (Wildman–Crippen LogP) is 2.00. The molecule has 0 aliphatic carbocycles. The van der Waals surface area contributed by atoms with E-state index < -0.39 is 48.1 Å². The summed E-state index contributed by atoms with van der Waals surface area (Å²) in [7, 11) is 1.12. The molecular formula is C31H35N3O8. The molecule has 222 valence electrons. The Bertz CT molecular complexity index is 1320. The van der Waals surface area contributed by atoms with Crippen LogP contribution in [0.1, 0.15) is 23.6 Å². The number of benzene rings is 3. The van der Waals surface area contributed by atoms with Crippen molar-refractivity contribution in [2.45, 2.75) is 50.6 Å². The minimum Gasteiger partial charge on any atom is -0.508 e. The molecule has 3 rings (SSSR count). The zero-order valence-corrected chi connectivity index (χ0v) is 23.4. The quantitative estimate of drug-likeness (QED) is 0.193. The molecule has 4 atom stereocenters. The number of carbonyl (C=O) groups is 4. The molecule has 0 fully saturated rings. The average molecular weight is 578 g/mol. The molecule has 0 aliphatic heterocycles. The summed E-state index contributed by atoms with van der Waals surface area (Å²) in [6.45, 7) is 1.31. The molecule has 0 heterocycles. The van der Waals surface area contributed by atoms with Gasteiger partial charge in [-0.25, -0.2) is 9.59 Å². The van der Waals surface area contributed by atoms with Gasteiger partial charge in [0.15, 0.2) is 6.04 Å². The standard InChI is InChI=1S/C31H35N3O8/c1-20(35)27(30(39)41-2)34-29(38)25(18-22-13-15-24(36)16-14-22)32-28(37)26(17-21-9-5-3-6-10-21)33-31(40)42-19-23-11-7-4-8-12-23/h3-16,20,25-27,35-36H,17-19H2,1-2H3,(H,32,37)(H,33,40)(H,34,38)/t20-,25-,26+,27+/m0/s1. The number of carbonyl (C=O) groups excluding carboxylic acids is 4. The van der Waals surface area contributed by atoms with E-state index in [9.17, 15) is 29.4 Å². The molecule has 0 saturated heterocycles. The average Bonchev–Trinajstić information content (AvgIpc) is 2.99. The van der Waals surface area contributed by atoms with Gasteiger partial charge in [0.1, 0.15) is 24.4 Å². The second kappa shape index (κ2) is 15.8. The van der Waals surface area contributed by atoms with Crippen LogP contribution >= 0.6 is 0 Å². The van der Waals surface area contributed by atoms with Gasteiger partial charge in [-0.3, -0.25) is 9.59 Å². The molecule has 42 heavy (non-hydrogen) atoms. The Morgan fingerprint density at radius 3 is 1.76 bits per heavy atom. The van der Waals surface area contributed by atoms with E-state index in [0.717, 1.165) is 18.2 Å². The van der Waals surface area contributed by atoms with Crippen LogP contribution in [0.25, 0.3) is 0 Å². The van der Waals surface area contributed by atoms with Crippen LogP contribution in [0.3, 0.4) is 0 Å². The summed E-state index contributed by atoms with van der Waals surface area (Å²) in [4.78, 5) is 51.8. The number of ether oxygens (including phenoxy) is 2. The monoisotopic (exact) mass is 577 g/mol. The molecule has 5 N–H and O–H groups in total. The van der Waals surface area contributed by atoms with Crippen molar-refractivity contribution in [3.8, 4) is 5.75 Å². The lowest BCUT2D eigenvalue weighted by Crippen LogP contribution is -2.58. The second-order valence-electron chi connectivity index (χ2n) is 9.63. The number of aromatic hydroxyl groups is 1. The minimum absolute atomic E-state index is 0.00745. The van der Waals surface area contributed by atoms with E-state index >= 15 is 0 Å². The Morgan fingerprint density at radius 2 is 1.21 bits per heavy atom. The molecule has 3 aromatic rings. The van der Waals surface area contributed by atoms with Crippen LogP contribution in [0.5, 0.6) is 5.75 Å². The summed E-state index contributed by atoms with van der Waals surface area (Å²) >= 11 is 0. The van der Waals surface area contributed by atoms with Crippen LogP contribution in [0.4, 0.5) is 4.79 Å². The van der Waals surface area contributed by atoms with Crippen LogP contribution in [0.2, 0.25) is 0 Å². The van der Waals surface area contributed by atoms with Crippen LogP contribution in [0.15, 0.2) is 84.9 Å². The summed E-state index contributed by atoms with van der Waals surface area (Å²) in [5.74, 6) is -2.29. The lowest BCUT2D eigenvalue weighted by molar-refractivity contribution is -0.148. The fourth-order valence-electron chi connectivity index (χ4n) is 4.07. The number of amides is 3. The van der Waals surface area contributed by atoms with Crippen LogP contribution in [-0.2, 0) is 43.3 Å². The highest BCUT2D eigenvalue weighted by molar-refractivity contribution is 5.93. The molecular weight excluding hydrogens is 542 g/mol. The molecule has 0 aliphatic rings. The first-order valence-corrected chi connectivity index (χ1v) is 13.3. The van der Waals surface area contributed by atoms with Crippen LogP contribution in [-0.4, -0.2) is 65.4 Å². The normalized spacial score (nSPS) is 13.5. The molecule has 3 aromatic carbocycles. The van der Waals surface area contributed by atoms with E-state index in [4.69, 9.17) is 4.74 Å². The van der Waals surface area contributed by atoms with E-state index in [2.05, 4.69) is 20.7 Å². The first kappa shape index (κ1) is 31.6. The minimum atomic E-state index is -1.38. The lowest BCUT2D eigenvalue weighted by atomic mass is 10.0. The number of aliphatic hydroxyl groups excluding tert-OH is 1. The largest absolute Gasteiger partial charge is 0.508 e. The number of methoxy groups -OCH3 is 1. The third-order valence-electron chi connectivity index (χ3n) is 6.35. The second-order valence-corrected chi connectivity index (χ2v) is 9.63. The molecule has 11 nitrogen and oxygen atoms in total. The molecule has 0 spiro atoms. The van der Waals surface area contributed by atoms with Gasteiger partial charge in [0, 0.05) is 12.8 Å². The number of nitrogens with one attached hydrogen (secondary N) is 3. The fraction of sp³-hybridized carbons (Fsp3) is 0.290. The van der Waals surface area contributed by atoms with Gasteiger partial charge < -0.3 is 35.6 Å². The zero-order chi connectivity index (χ0) is 30.5. The highest BCUT2D eigenvalue weighted by atomic mass is 16.5. The molecule has 0 radical (unpaired) electrons. The first-order chi connectivity index (χ1) is 20.2. The van der Waals surface area contributed by atoms with Gasteiger partial charge in [-0.15, -0.1) is 0 Å². The van der Waals surface area contributed by atoms with E-state index in [1.165, 1.54) is 19.1 Å². The van der Waals surface area contributed by atoms with Crippen molar-refractivity contribution in [2.75, 3.05) is 7.11 Å². The van der Waals surface area contributed by atoms with Crippen molar-refractivity contribution in [1.29, 1.82) is 0 Å². The zero-order valence-electron chi connectivity index (χ0n) is 23.4. The number of alkyl carbamates (subject to hydrolysis) is 1. The molecule has 3 amide bonds. The maximum Gasteiger partial charge on any atom is 0.408 e. The van der Waals surface area contributed by atoms with Crippen LogP contribution in [0, 0.1) is 0 Å². The van der Waals surface area contributed by atoms with E-state index in [1.54, 1.807) is 48.5 Å². The summed E-state index contributed by atoms with van der Waals surface area (Å²) in [5, 5.41) is 27.4. The number of rotatable bonds is 13. The number of hydrogen-bond acceptors (Lipinski definition) is 8. The molecule has 0 bridgehead atoms. The molecule has 0 unspecified atom stereocenters. The van der Waals surface area contributed by atoms with Gasteiger partial charge in [-0.1, -0.05) is 72.8 Å². The fourth-order valence-corrected chi connectivity index (χ4v) is 4.07. The summed E-state index contributed by atoms with van der Waals surface area (Å²) in [6.07, 6.45) is -2.03. The van der Waals surface area contributed by atoms with Gasteiger partial charge in [0.25, 0.3) is 0 Å². The third kappa shape index (κ3) is 9.93. The number of phenolic OH excluding ortho intramolecular Hbond substituents is 1. The molecule has 0 saturated carbocycles. The summed E-state index contributed by atoms with van der Waals surface area (Å²) < 4.78 is 9.99. The van der Waals surface area contributed by atoms with Crippen molar-refractivity contribution < 1.29 is 38.9 Å². The van der Waals surface area contributed by atoms with Gasteiger partial charge in [-0.05, 0) is 35.7 Å². The molecule has 11 heteroatoms. The first-order valence-electron chi connectivity index (χ1n) is 13.3. The lowest BCUT2D eigenvalue weighted by Gasteiger charge is -2.26. The van der Waals surface area contributed by atoms with Crippen molar-refractivity contribution >= 4 is 23.9 Å². The Balaban J connectivity index is 1.81. The summed E-state index contributed by atoms with van der Waals surface area (Å²) in [5.41, 5.74) is 2.11. The van der Waals surface area contributed by atoms with Crippen molar-refractivity contribution in [3.05, 3.63) is 102 Å². The Hall–Kier alpha value is -4.90. The van der Waals surface area contributed by atoms with E-state index in [0.29, 0.717) is 5.56 Å². The SMILES string of the molecule is COC(=O)[C@H](NC(=O)[C@H](Cc1ccc(O)cc1)NC(=O)[C@@H](Cc1ccccc1)NC(=O)OCc1ccccc1)[C@H](C)O. The van der Waals surface area contributed by atoms with Crippen LogP contribution < -0.4 is 16.0 Å². The van der Waals surface area contributed by atoms with Crippen molar-refractivity contribution in [1.82, 2.24) is 16.0 Å². The maximum atomic E-state index is 13.6. The number of hydrogen-bond donors (Lipinski definition) is 5. The van der Waals surface area contributed by atoms with Gasteiger partial charge in [0.05, 0.1) is 13.2 Å². The van der Waals surface area contributed by atoms with Gasteiger partial charge >= 0.3 is 12.1 Å². The Labute approximate surface area is 243 Å². The number of esters is 1. The predicted molar refractivity (Wildman–Crippen MR) is 153 cm³/mol. The highest BCUT2D eigenvalue weighted by Crippen LogP contribution is 2.13. The summed E-state index contributed by atoms with van der Waals surface area (Å²) in [6, 6.07) is 20.3. The topological polar surface area (TPSA) is 163 Å². The number of phenols is 1. The highest BCUT2D eigenvalue weighted by Gasteiger charge is 2.32.